The van der Waals surface area contributed by atoms with E-state index >= 15 is 0 Å². The number of carbonyl (C=O) groups is 2. The molecule has 3 aromatic rings. The third kappa shape index (κ3) is 5.41. The second kappa shape index (κ2) is 10.0. The molecule has 1 aliphatic rings. The van der Waals surface area contributed by atoms with Crippen LogP contribution in [0.3, 0.4) is 0 Å². The van der Waals surface area contributed by atoms with Crippen LogP contribution in [-0.4, -0.2) is 37.1 Å². The lowest BCUT2D eigenvalue weighted by Gasteiger charge is -2.29. The highest BCUT2D eigenvalue weighted by atomic mass is 16.5. The Bertz CT molecular complexity index is 1150. The molecule has 0 spiro atoms. The van der Waals surface area contributed by atoms with Crippen molar-refractivity contribution in [3.63, 3.8) is 0 Å². The number of nitrogens with one attached hydrogen (secondary N) is 1. The molecule has 1 N–H and O–H groups in total. The van der Waals surface area contributed by atoms with Gasteiger partial charge in [-0.1, -0.05) is 18.2 Å². The average Bonchev–Trinajstić information content (AvgIpc) is 2.84. The predicted octanol–water partition coefficient (Wildman–Crippen LogP) is 4.34. The molecule has 1 aromatic heterocycles. The maximum absolute atomic E-state index is 12.7. The van der Waals surface area contributed by atoms with Crippen molar-refractivity contribution in [1.82, 2.24) is 4.98 Å². The van der Waals surface area contributed by atoms with Crippen LogP contribution >= 0.6 is 0 Å². The van der Waals surface area contributed by atoms with Gasteiger partial charge in [0.25, 0.3) is 0 Å². The first-order chi connectivity index (χ1) is 16.0. The number of hydrogen-bond acceptors (Lipinski definition) is 6. The number of methoxy groups -OCH3 is 1. The summed E-state index contributed by atoms with van der Waals surface area (Å²) in [6.07, 6.45) is 1.67. The van der Waals surface area contributed by atoms with Crippen molar-refractivity contribution in [3.05, 3.63) is 66.4 Å². The van der Waals surface area contributed by atoms with Crippen molar-refractivity contribution in [2.75, 3.05) is 30.5 Å². The fraction of sp³-hybridized carbons (Fsp3) is 0.240. The number of benzene rings is 2. The summed E-state index contributed by atoms with van der Waals surface area (Å²) in [7, 11) is 1.58. The number of ether oxygens (including phenoxy) is 3. The normalized spacial score (nSPS) is 12.4. The number of fused-ring (bicyclic) bond motifs is 1. The van der Waals surface area contributed by atoms with Gasteiger partial charge < -0.3 is 24.4 Å². The van der Waals surface area contributed by atoms with E-state index in [4.69, 9.17) is 14.2 Å². The fourth-order valence-electron chi connectivity index (χ4n) is 3.49. The molecule has 0 saturated heterocycles. The number of para-hydroxylation sites is 2. The molecule has 1 aliphatic heterocycles. The van der Waals surface area contributed by atoms with Gasteiger partial charge in [-0.05, 0) is 42.8 Å². The Morgan fingerprint density at radius 1 is 1.09 bits per heavy atom. The van der Waals surface area contributed by atoms with E-state index < -0.39 is 0 Å². The minimum Gasteiger partial charge on any atom is -0.493 e. The van der Waals surface area contributed by atoms with Crippen LogP contribution < -0.4 is 24.4 Å². The maximum atomic E-state index is 12.7. The Morgan fingerprint density at radius 2 is 1.94 bits per heavy atom. The molecular formula is C25H25N3O5. The zero-order valence-electron chi connectivity index (χ0n) is 18.5. The molecule has 0 radical (unpaired) electrons. The van der Waals surface area contributed by atoms with Gasteiger partial charge in [0.15, 0.2) is 11.5 Å². The summed E-state index contributed by atoms with van der Waals surface area (Å²) in [5.74, 6) is 1.84. The van der Waals surface area contributed by atoms with Gasteiger partial charge in [0.05, 0.1) is 31.2 Å². The SMILES string of the molecule is COc1cc(C)ccc1Oc1ccc(NC(=O)CCC(=O)N2CCOc3ccccc32)cn1. The molecule has 2 aromatic carbocycles. The van der Waals surface area contributed by atoms with E-state index in [1.54, 1.807) is 24.1 Å². The molecule has 0 bridgehead atoms. The lowest BCUT2D eigenvalue weighted by atomic mass is 10.2. The van der Waals surface area contributed by atoms with Crippen LogP contribution in [0.15, 0.2) is 60.8 Å². The number of aromatic nitrogens is 1. The zero-order valence-corrected chi connectivity index (χ0v) is 18.5. The topological polar surface area (TPSA) is 90.0 Å². The predicted molar refractivity (Wildman–Crippen MR) is 124 cm³/mol. The molecule has 0 saturated carbocycles. The van der Waals surface area contributed by atoms with Crippen molar-refractivity contribution >= 4 is 23.2 Å². The number of aryl methyl sites for hydroxylation is 1. The van der Waals surface area contributed by atoms with Crippen molar-refractivity contribution in [3.8, 4) is 23.1 Å². The van der Waals surface area contributed by atoms with Crippen LogP contribution in [0.2, 0.25) is 0 Å². The third-order valence-corrected chi connectivity index (χ3v) is 5.15. The van der Waals surface area contributed by atoms with Gasteiger partial charge in [-0.25, -0.2) is 4.98 Å². The summed E-state index contributed by atoms with van der Waals surface area (Å²) in [5, 5.41) is 2.76. The number of amides is 2. The Labute approximate surface area is 192 Å². The van der Waals surface area contributed by atoms with Crippen molar-refractivity contribution < 1.29 is 23.8 Å². The largest absolute Gasteiger partial charge is 0.493 e. The number of nitrogens with zero attached hydrogens (tertiary/aromatic N) is 2. The molecule has 0 fully saturated rings. The van der Waals surface area contributed by atoms with Crippen LogP contribution in [0.1, 0.15) is 18.4 Å². The summed E-state index contributed by atoms with van der Waals surface area (Å²) in [5.41, 5.74) is 2.31. The minimum atomic E-state index is -0.263. The summed E-state index contributed by atoms with van der Waals surface area (Å²) in [6, 6.07) is 16.4. The molecule has 2 amide bonds. The lowest BCUT2D eigenvalue weighted by Crippen LogP contribution is -2.38. The Kier molecular flexibility index (Phi) is 6.73. The van der Waals surface area contributed by atoms with Crippen LogP contribution in [0, 0.1) is 6.92 Å². The van der Waals surface area contributed by atoms with E-state index in [2.05, 4.69) is 10.3 Å². The molecule has 0 unspecified atom stereocenters. The molecule has 8 nitrogen and oxygen atoms in total. The van der Waals surface area contributed by atoms with E-state index in [-0.39, 0.29) is 24.7 Å². The van der Waals surface area contributed by atoms with E-state index in [0.717, 1.165) is 11.3 Å². The highest BCUT2D eigenvalue weighted by Gasteiger charge is 2.23. The van der Waals surface area contributed by atoms with Gasteiger partial charge in [0, 0.05) is 18.9 Å². The summed E-state index contributed by atoms with van der Waals surface area (Å²) < 4.78 is 16.7. The number of anilines is 2. The van der Waals surface area contributed by atoms with E-state index in [9.17, 15) is 9.59 Å². The first-order valence-electron chi connectivity index (χ1n) is 10.6. The molecule has 2 heterocycles. The van der Waals surface area contributed by atoms with Crippen LogP contribution in [0.4, 0.5) is 11.4 Å². The average molecular weight is 447 g/mol. The molecule has 4 rings (SSSR count). The molecule has 0 aliphatic carbocycles. The van der Waals surface area contributed by atoms with Gasteiger partial charge >= 0.3 is 0 Å². The Balaban J connectivity index is 1.30. The number of rotatable bonds is 7. The Hall–Kier alpha value is -4.07. The lowest BCUT2D eigenvalue weighted by molar-refractivity contribution is -0.122. The molecule has 33 heavy (non-hydrogen) atoms. The zero-order chi connectivity index (χ0) is 23.2. The maximum Gasteiger partial charge on any atom is 0.227 e. The number of carbonyl (C=O) groups excluding carboxylic acids is 2. The quantitative estimate of drug-likeness (QED) is 0.580. The standard InChI is InChI=1S/C25H25N3O5/c1-17-7-9-21(22(15-17)31-2)33-24-11-8-18(16-26-24)27-23(29)10-12-25(30)28-13-14-32-20-6-4-3-5-19(20)28/h3-9,11,15-16H,10,12-14H2,1-2H3,(H,27,29). The van der Waals surface area contributed by atoms with Crippen molar-refractivity contribution in [2.45, 2.75) is 19.8 Å². The van der Waals surface area contributed by atoms with Gasteiger partial charge in [-0.2, -0.15) is 0 Å². The van der Waals surface area contributed by atoms with Gasteiger partial charge in [-0.15, -0.1) is 0 Å². The van der Waals surface area contributed by atoms with Gasteiger partial charge in [-0.3, -0.25) is 9.59 Å². The molecular weight excluding hydrogens is 422 g/mol. The Morgan fingerprint density at radius 3 is 2.73 bits per heavy atom. The summed E-state index contributed by atoms with van der Waals surface area (Å²) >= 11 is 0. The minimum absolute atomic E-state index is 0.0666. The highest BCUT2D eigenvalue weighted by molar-refractivity contribution is 5.99. The summed E-state index contributed by atoms with van der Waals surface area (Å²) in [6.45, 7) is 2.87. The summed E-state index contributed by atoms with van der Waals surface area (Å²) in [4.78, 5) is 30.9. The van der Waals surface area contributed by atoms with Crippen molar-refractivity contribution in [1.29, 1.82) is 0 Å². The molecule has 0 atom stereocenters. The van der Waals surface area contributed by atoms with E-state index in [0.29, 0.717) is 42.0 Å². The number of pyridine rings is 1. The van der Waals surface area contributed by atoms with E-state index in [1.165, 1.54) is 6.20 Å². The first-order valence-corrected chi connectivity index (χ1v) is 10.6. The monoisotopic (exact) mass is 447 g/mol. The van der Waals surface area contributed by atoms with Crippen LogP contribution in [-0.2, 0) is 9.59 Å². The van der Waals surface area contributed by atoms with Crippen molar-refractivity contribution in [2.24, 2.45) is 0 Å². The number of hydrogen-bond donors (Lipinski definition) is 1. The van der Waals surface area contributed by atoms with Crippen LogP contribution in [0.5, 0.6) is 23.1 Å². The molecule has 8 heteroatoms. The van der Waals surface area contributed by atoms with Gasteiger partial charge in [0.1, 0.15) is 12.4 Å². The van der Waals surface area contributed by atoms with Gasteiger partial charge in [0.2, 0.25) is 17.7 Å². The van der Waals surface area contributed by atoms with E-state index in [1.807, 2.05) is 49.4 Å². The molecule has 170 valence electrons. The second-order valence-corrected chi connectivity index (χ2v) is 7.55. The second-order valence-electron chi connectivity index (χ2n) is 7.55. The smallest absolute Gasteiger partial charge is 0.227 e. The third-order valence-electron chi connectivity index (χ3n) is 5.15. The fourth-order valence-corrected chi connectivity index (χ4v) is 3.49. The highest BCUT2D eigenvalue weighted by Crippen LogP contribution is 2.32. The van der Waals surface area contributed by atoms with Crippen LogP contribution in [0.25, 0.3) is 0 Å². The first kappa shape index (κ1) is 22.1.